The monoisotopic (exact) mass is 614 g/mol. The molecule has 0 saturated carbocycles. The number of rotatable bonds is 9. The maximum Gasteiger partial charge on any atom is 0.414 e. The number of nitrogens with one attached hydrogen (secondary N) is 2. The predicted molar refractivity (Wildman–Crippen MR) is 150 cm³/mol. The third-order valence-electron chi connectivity index (χ3n) is 7.22. The van der Waals surface area contributed by atoms with Gasteiger partial charge >= 0.3 is 12.1 Å². The number of halogens is 1. The smallest absolute Gasteiger partial charge is 0.414 e. The molecule has 226 valence electrons. The first kappa shape index (κ1) is 30.0. The molecule has 3 aliphatic heterocycles. The van der Waals surface area contributed by atoms with Crippen molar-refractivity contribution in [1.82, 2.24) is 15.5 Å². The van der Waals surface area contributed by atoms with Crippen molar-refractivity contribution in [2.45, 2.75) is 44.0 Å². The van der Waals surface area contributed by atoms with Crippen LogP contribution in [0.5, 0.6) is 0 Å². The molecule has 1 aromatic carbocycles. The molecule has 0 radical (unpaired) electrons. The van der Waals surface area contributed by atoms with E-state index in [-0.39, 0.29) is 36.8 Å². The fraction of sp³-hybridized carbons (Fsp3) is 0.357. The number of carbonyl (C=O) groups excluding carboxylic acids is 4. The Bertz CT molecular complexity index is 1530. The highest BCUT2D eigenvalue weighted by molar-refractivity contribution is 8.00. The molecule has 5 rings (SSSR count). The van der Waals surface area contributed by atoms with Crippen molar-refractivity contribution in [1.29, 1.82) is 0 Å². The average Bonchev–Trinajstić information content (AvgIpc) is 3.34. The molecule has 2 aromatic rings. The summed E-state index contributed by atoms with van der Waals surface area (Å²) in [5, 5.41) is 23.8. The number of hydrogen-bond acceptors (Lipinski definition) is 8. The molecule has 2 saturated heterocycles. The summed E-state index contributed by atoms with van der Waals surface area (Å²) in [6.45, 7) is 3.11. The van der Waals surface area contributed by atoms with Crippen LogP contribution in [0.1, 0.15) is 13.8 Å². The normalized spacial score (nSPS) is 22.0. The van der Waals surface area contributed by atoms with Crippen LogP contribution in [0, 0.1) is 5.82 Å². The van der Waals surface area contributed by atoms with E-state index in [9.17, 15) is 34.2 Å². The first-order valence-corrected chi connectivity index (χ1v) is 14.4. The van der Waals surface area contributed by atoms with Crippen LogP contribution >= 0.6 is 11.8 Å². The van der Waals surface area contributed by atoms with Crippen LogP contribution in [-0.4, -0.2) is 87.4 Å². The van der Waals surface area contributed by atoms with E-state index >= 15 is 4.39 Å². The second-order valence-corrected chi connectivity index (χ2v) is 11.4. The number of aliphatic hydroxyl groups excluding tert-OH is 1. The molecule has 4 heterocycles. The predicted octanol–water partition coefficient (Wildman–Crippen LogP) is 0.361. The van der Waals surface area contributed by atoms with E-state index in [1.807, 2.05) is 0 Å². The van der Waals surface area contributed by atoms with Crippen LogP contribution in [-0.2, 0) is 30.5 Å². The molecule has 0 bridgehead atoms. The quantitative estimate of drug-likeness (QED) is 0.230. The SMILES string of the molecule is CC(=O)NC[C@H]1CN(c2ccc(-c3cc[n+](CC4=C(C(=O)O)N5C(=O)[C@@H](NC(=O)C(C)O)C5SC4)cc3)c(F)c2)C(=O)O1. The van der Waals surface area contributed by atoms with Crippen LogP contribution in [0.3, 0.4) is 0 Å². The fourth-order valence-electron chi connectivity index (χ4n) is 5.04. The molecule has 2 unspecified atom stereocenters. The molecule has 0 aliphatic carbocycles. The first-order valence-electron chi connectivity index (χ1n) is 13.3. The summed E-state index contributed by atoms with van der Waals surface area (Å²) in [6, 6.07) is 6.80. The van der Waals surface area contributed by atoms with E-state index in [0.29, 0.717) is 22.6 Å². The molecule has 4 amide bonds. The number of aliphatic hydroxyl groups is 1. The number of hydrogen-bond donors (Lipinski definition) is 4. The van der Waals surface area contributed by atoms with Gasteiger partial charge < -0.3 is 25.6 Å². The van der Waals surface area contributed by atoms with Crippen molar-refractivity contribution in [2.24, 2.45) is 0 Å². The highest BCUT2D eigenvalue weighted by Crippen LogP contribution is 2.40. The van der Waals surface area contributed by atoms with Gasteiger partial charge in [-0.15, -0.1) is 11.8 Å². The second-order valence-electron chi connectivity index (χ2n) is 10.3. The molecule has 0 spiro atoms. The van der Waals surface area contributed by atoms with Crippen molar-refractivity contribution >= 4 is 47.2 Å². The number of anilines is 1. The number of carboxylic acid groups (broad SMARTS) is 1. The number of benzene rings is 1. The van der Waals surface area contributed by atoms with E-state index in [1.165, 1.54) is 36.6 Å². The Kier molecular flexibility index (Phi) is 8.37. The lowest BCUT2D eigenvalue weighted by molar-refractivity contribution is -0.689. The van der Waals surface area contributed by atoms with Gasteiger partial charge in [-0.3, -0.25) is 24.2 Å². The van der Waals surface area contributed by atoms with Crippen molar-refractivity contribution in [2.75, 3.05) is 23.7 Å². The third-order valence-corrected chi connectivity index (χ3v) is 8.56. The lowest BCUT2D eigenvalue weighted by Gasteiger charge is -2.49. The maximum absolute atomic E-state index is 15.2. The summed E-state index contributed by atoms with van der Waals surface area (Å²) < 4.78 is 22.1. The highest BCUT2D eigenvalue weighted by Gasteiger charge is 2.54. The zero-order valence-corrected chi connectivity index (χ0v) is 24.0. The lowest BCUT2D eigenvalue weighted by Crippen LogP contribution is -2.71. The summed E-state index contributed by atoms with van der Waals surface area (Å²) in [5.41, 5.74) is 1.50. The van der Waals surface area contributed by atoms with Crippen LogP contribution in [0.2, 0.25) is 0 Å². The minimum atomic E-state index is -1.30. The van der Waals surface area contributed by atoms with Crippen LogP contribution in [0.15, 0.2) is 54.0 Å². The number of amides is 4. The average molecular weight is 615 g/mol. The Labute approximate surface area is 249 Å². The van der Waals surface area contributed by atoms with E-state index in [1.54, 1.807) is 41.2 Å². The molecule has 4 atom stereocenters. The van der Waals surface area contributed by atoms with Gasteiger partial charge in [0.05, 0.1) is 18.8 Å². The molecule has 2 fully saturated rings. The molecule has 13 nitrogen and oxygen atoms in total. The van der Waals surface area contributed by atoms with Gasteiger partial charge in [0.2, 0.25) is 11.8 Å². The van der Waals surface area contributed by atoms with Gasteiger partial charge in [-0.25, -0.2) is 18.5 Å². The molecule has 4 N–H and O–H groups in total. The van der Waals surface area contributed by atoms with Crippen LogP contribution in [0.4, 0.5) is 14.9 Å². The Hall–Kier alpha value is -4.50. The number of ether oxygens (including phenoxy) is 1. The number of carbonyl (C=O) groups is 5. The minimum absolute atomic E-state index is 0.144. The van der Waals surface area contributed by atoms with Crippen molar-refractivity contribution in [3.8, 4) is 11.1 Å². The second kappa shape index (κ2) is 12.0. The zero-order valence-electron chi connectivity index (χ0n) is 23.2. The number of aliphatic carboxylic acids is 1. The Morgan fingerprint density at radius 3 is 2.56 bits per heavy atom. The molecule has 1 aromatic heterocycles. The minimum Gasteiger partial charge on any atom is -0.477 e. The third kappa shape index (κ3) is 6.03. The largest absolute Gasteiger partial charge is 0.477 e. The van der Waals surface area contributed by atoms with Gasteiger partial charge in [0.1, 0.15) is 35.1 Å². The van der Waals surface area contributed by atoms with Gasteiger partial charge in [0, 0.05) is 35.9 Å². The summed E-state index contributed by atoms with van der Waals surface area (Å²) in [5.74, 6) is -3.06. The van der Waals surface area contributed by atoms with Crippen LogP contribution in [0.25, 0.3) is 11.1 Å². The standard InChI is InChI=1S/C28H28FN5O8S/c1-14(35)24(37)31-22-25(38)34-23(27(39)40)17(13-43-26(22)34)11-32-7-5-16(6-8-32)20-4-3-18(9-21(20)29)33-12-19(42-28(33)41)10-30-15(2)36/h3-9,14,19,22,26,35H,10-13H2,1-2H3,(H2-,30,31,36,37,39,40)/p+1/t14?,19-,22+,26?/m0/s1. The molecule has 43 heavy (non-hydrogen) atoms. The van der Waals surface area contributed by atoms with Gasteiger partial charge in [-0.1, -0.05) is 0 Å². The maximum atomic E-state index is 15.2. The number of carboxylic acids is 1. The van der Waals surface area contributed by atoms with E-state index in [0.717, 1.165) is 4.90 Å². The number of thioether (sulfide) groups is 1. The Morgan fingerprint density at radius 1 is 1.21 bits per heavy atom. The number of aromatic nitrogens is 1. The van der Waals surface area contributed by atoms with Gasteiger partial charge in [0.15, 0.2) is 18.9 Å². The Morgan fingerprint density at radius 2 is 1.93 bits per heavy atom. The number of cyclic esters (lactones) is 1. The fourth-order valence-corrected chi connectivity index (χ4v) is 6.38. The summed E-state index contributed by atoms with van der Waals surface area (Å²) >= 11 is 1.31. The highest BCUT2D eigenvalue weighted by atomic mass is 32.2. The summed E-state index contributed by atoms with van der Waals surface area (Å²) in [7, 11) is 0. The van der Waals surface area contributed by atoms with Gasteiger partial charge in [-0.05, 0) is 30.7 Å². The summed E-state index contributed by atoms with van der Waals surface area (Å²) in [4.78, 5) is 62.6. The van der Waals surface area contributed by atoms with E-state index in [2.05, 4.69) is 10.6 Å². The molecule has 3 aliphatic rings. The molecular formula is C28H29FN5O8S+. The molecule has 15 heteroatoms. The Balaban J connectivity index is 1.28. The number of nitrogens with zero attached hydrogens (tertiary/aromatic N) is 3. The number of pyridine rings is 1. The summed E-state index contributed by atoms with van der Waals surface area (Å²) in [6.07, 6.45) is 0.848. The molecular weight excluding hydrogens is 585 g/mol. The first-order chi connectivity index (χ1) is 20.4. The number of fused-ring (bicyclic) bond motifs is 1. The van der Waals surface area contributed by atoms with Gasteiger partial charge in [-0.2, -0.15) is 0 Å². The lowest BCUT2D eigenvalue weighted by atomic mass is 10.0. The topological polar surface area (TPSA) is 169 Å². The zero-order chi connectivity index (χ0) is 31.0. The van der Waals surface area contributed by atoms with E-state index < -0.39 is 53.3 Å². The van der Waals surface area contributed by atoms with Crippen LogP contribution < -0.4 is 20.1 Å². The van der Waals surface area contributed by atoms with Crippen molar-refractivity contribution < 1.29 is 47.9 Å². The number of β-lactam (4-membered cyclic amide) rings is 1. The van der Waals surface area contributed by atoms with Gasteiger partial charge in [0.25, 0.3) is 5.91 Å². The van der Waals surface area contributed by atoms with Crippen molar-refractivity contribution in [3.05, 3.63) is 59.8 Å². The van der Waals surface area contributed by atoms with E-state index in [4.69, 9.17) is 4.74 Å². The van der Waals surface area contributed by atoms with Crippen molar-refractivity contribution in [3.63, 3.8) is 0 Å².